The van der Waals surface area contributed by atoms with Crippen LogP contribution in [0.15, 0.2) is 68.0 Å². The number of aromatic amines is 1. The summed E-state index contributed by atoms with van der Waals surface area (Å²) >= 11 is 0. The molecule has 1 saturated heterocycles. The summed E-state index contributed by atoms with van der Waals surface area (Å²) in [7, 11) is 0. The van der Waals surface area contributed by atoms with E-state index in [2.05, 4.69) is 26.7 Å². The Kier molecular flexibility index (Phi) is 12.5. The van der Waals surface area contributed by atoms with Gasteiger partial charge in [-0.3, -0.25) is 9.89 Å². The molecule has 230 valence electrons. The molecule has 10 heteroatoms. The maximum Gasteiger partial charge on any atom is 0.371 e. The van der Waals surface area contributed by atoms with Crippen LogP contribution < -0.4 is 10.9 Å². The van der Waals surface area contributed by atoms with E-state index in [-0.39, 0.29) is 39.8 Å². The van der Waals surface area contributed by atoms with Crippen LogP contribution in [-0.4, -0.2) is 39.1 Å². The van der Waals surface area contributed by atoms with Crippen molar-refractivity contribution in [3.63, 3.8) is 0 Å². The fourth-order valence-corrected chi connectivity index (χ4v) is 4.85. The normalized spacial score (nSPS) is 13.6. The number of para-hydroxylation sites is 1. The second-order valence-electron chi connectivity index (χ2n) is 9.69. The third-order valence-electron chi connectivity index (χ3n) is 6.94. The minimum Gasteiger partial charge on any atom is -0.505 e. The molecular weight excluding hydrogens is 546 g/mol. The van der Waals surface area contributed by atoms with Gasteiger partial charge in [-0.05, 0) is 99.6 Å². The maximum absolute atomic E-state index is 13.0. The number of azo groups is 1. The summed E-state index contributed by atoms with van der Waals surface area (Å²) in [5, 5.41) is 34.2. The van der Waals surface area contributed by atoms with Gasteiger partial charge in [0.25, 0.3) is 5.56 Å². The molecule has 0 radical (unpaired) electrons. The summed E-state index contributed by atoms with van der Waals surface area (Å²) in [6.45, 7) is 12.2. The molecule has 4 aromatic rings. The molecule has 0 bridgehead atoms. The Balaban J connectivity index is 0.000000440. The first-order valence-corrected chi connectivity index (χ1v) is 15.1. The van der Waals surface area contributed by atoms with E-state index in [1.165, 1.54) is 66.4 Å². The fraction of sp³-hybridized carbons (Fsp3) is 0.394. The zero-order valence-corrected chi connectivity index (χ0v) is 25.7. The van der Waals surface area contributed by atoms with E-state index in [1.807, 2.05) is 39.8 Å². The first kappa shape index (κ1) is 33.1. The van der Waals surface area contributed by atoms with Gasteiger partial charge in [-0.15, -0.1) is 10.2 Å². The average molecular weight is 590 g/mol. The standard InChI is InChI=1S/C24H20N4O5.C5H11N.2C2H6/c1-13-21(23(30)28(27-13)16-9-8-14-4-2-5-15(14)12-16)26-25-18-7-3-6-17(22(18)29)19-10-11-20(33-19)24(31)32;1-2-4-6-5-3-1;2*1-2/h3,6-12,27,29H,2,4-5H2,1H3,(H,31,32);6H,1-5H2;2*1-2H3. The Bertz CT molecular complexity index is 1570. The number of carbonyl (C=O) groups is 1. The van der Waals surface area contributed by atoms with E-state index in [4.69, 9.17) is 9.52 Å². The van der Waals surface area contributed by atoms with Gasteiger partial charge in [-0.2, -0.15) is 0 Å². The second-order valence-corrected chi connectivity index (χ2v) is 9.69. The third-order valence-corrected chi connectivity index (χ3v) is 6.94. The predicted molar refractivity (Wildman–Crippen MR) is 170 cm³/mol. The van der Waals surface area contributed by atoms with Gasteiger partial charge in [0.2, 0.25) is 5.76 Å². The molecule has 4 N–H and O–H groups in total. The Morgan fingerprint density at radius 1 is 0.907 bits per heavy atom. The molecule has 0 amide bonds. The topological polar surface area (TPSA) is 145 Å². The van der Waals surface area contributed by atoms with E-state index in [1.54, 1.807) is 19.1 Å². The number of phenolic OH excluding ortho intramolecular Hbond substituents is 1. The van der Waals surface area contributed by atoms with Crippen LogP contribution in [0.1, 0.15) is 80.8 Å². The number of furan rings is 1. The van der Waals surface area contributed by atoms with Crippen molar-refractivity contribution in [1.29, 1.82) is 0 Å². The summed E-state index contributed by atoms with van der Waals surface area (Å²) < 4.78 is 6.70. The number of H-pyrrole nitrogens is 1. The molecule has 0 unspecified atom stereocenters. The number of hydrogen-bond acceptors (Lipinski definition) is 7. The highest BCUT2D eigenvalue weighted by Crippen LogP contribution is 2.38. The van der Waals surface area contributed by atoms with Crippen LogP contribution in [0.2, 0.25) is 0 Å². The molecule has 2 aromatic carbocycles. The summed E-state index contributed by atoms with van der Waals surface area (Å²) in [4.78, 5) is 24.1. The largest absolute Gasteiger partial charge is 0.505 e. The van der Waals surface area contributed by atoms with Gasteiger partial charge in [0.15, 0.2) is 11.4 Å². The van der Waals surface area contributed by atoms with Crippen molar-refractivity contribution >= 4 is 17.3 Å². The van der Waals surface area contributed by atoms with Gasteiger partial charge in [0.05, 0.1) is 16.9 Å². The van der Waals surface area contributed by atoms with Crippen LogP contribution >= 0.6 is 0 Å². The molecule has 0 spiro atoms. The van der Waals surface area contributed by atoms with Crippen LogP contribution in [0.3, 0.4) is 0 Å². The highest BCUT2D eigenvalue weighted by atomic mass is 16.4. The Morgan fingerprint density at radius 2 is 1.63 bits per heavy atom. The minimum absolute atomic E-state index is 0.116. The lowest BCUT2D eigenvalue weighted by molar-refractivity contribution is 0.0663. The summed E-state index contributed by atoms with van der Waals surface area (Å²) in [5.41, 5.74) is 4.01. The van der Waals surface area contributed by atoms with Gasteiger partial charge >= 0.3 is 5.97 Å². The van der Waals surface area contributed by atoms with Gasteiger partial charge < -0.3 is 19.9 Å². The summed E-state index contributed by atoms with van der Waals surface area (Å²) in [5.74, 6) is -1.51. The zero-order chi connectivity index (χ0) is 31.4. The number of nitrogens with one attached hydrogen (secondary N) is 2. The van der Waals surface area contributed by atoms with Crippen LogP contribution in [0.4, 0.5) is 11.4 Å². The number of aromatic hydroxyl groups is 1. The lowest BCUT2D eigenvalue weighted by atomic mass is 10.1. The summed E-state index contributed by atoms with van der Waals surface area (Å²) in [6, 6.07) is 13.5. The zero-order valence-electron chi connectivity index (χ0n) is 25.7. The number of aromatic carboxylic acids is 1. The highest BCUT2D eigenvalue weighted by Gasteiger charge is 2.18. The van der Waals surface area contributed by atoms with Crippen molar-refractivity contribution in [3.8, 4) is 22.8 Å². The number of fused-ring (bicyclic) bond motifs is 1. The lowest BCUT2D eigenvalue weighted by Crippen LogP contribution is -2.21. The number of carboxylic acid groups (broad SMARTS) is 1. The Morgan fingerprint density at radius 3 is 2.26 bits per heavy atom. The molecule has 2 aliphatic rings. The number of nitrogens with zero attached hydrogens (tertiary/aromatic N) is 3. The van der Waals surface area contributed by atoms with Crippen molar-refractivity contribution in [1.82, 2.24) is 15.1 Å². The Labute approximate surface area is 252 Å². The summed E-state index contributed by atoms with van der Waals surface area (Å²) in [6.07, 6.45) is 7.40. The molecule has 3 heterocycles. The molecule has 0 saturated carbocycles. The van der Waals surface area contributed by atoms with Gasteiger partial charge in [0.1, 0.15) is 11.4 Å². The number of phenols is 1. The van der Waals surface area contributed by atoms with Crippen LogP contribution in [-0.2, 0) is 12.8 Å². The maximum atomic E-state index is 13.0. The second kappa shape index (κ2) is 16.3. The van der Waals surface area contributed by atoms with Crippen LogP contribution in [0.25, 0.3) is 17.0 Å². The first-order chi connectivity index (χ1) is 20.9. The minimum atomic E-state index is -1.21. The Hall–Kier alpha value is -4.44. The number of benzene rings is 2. The predicted octanol–water partition coefficient (Wildman–Crippen LogP) is 7.85. The molecule has 6 rings (SSSR count). The van der Waals surface area contributed by atoms with Crippen molar-refractivity contribution in [2.75, 3.05) is 13.1 Å². The van der Waals surface area contributed by atoms with Crippen LogP contribution in [0, 0.1) is 6.92 Å². The van der Waals surface area contributed by atoms with E-state index in [0.29, 0.717) is 5.69 Å². The molecule has 10 nitrogen and oxygen atoms in total. The number of aromatic nitrogens is 2. The number of aryl methyl sites for hydroxylation is 3. The number of rotatable bonds is 5. The molecule has 43 heavy (non-hydrogen) atoms. The third kappa shape index (κ3) is 8.10. The van der Waals surface area contributed by atoms with Gasteiger partial charge in [-0.25, -0.2) is 9.48 Å². The molecule has 1 fully saturated rings. The van der Waals surface area contributed by atoms with Crippen molar-refractivity contribution in [2.24, 2.45) is 10.2 Å². The number of carboxylic acids is 1. The van der Waals surface area contributed by atoms with E-state index in [9.17, 15) is 14.7 Å². The molecule has 2 aromatic heterocycles. The first-order valence-electron chi connectivity index (χ1n) is 15.1. The fourth-order valence-electron chi connectivity index (χ4n) is 4.85. The highest BCUT2D eigenvalue weighted by molar-refractivity contribution is 5.85. The molecule has 1 aliphatic carbocycles. The SMILES string of the molecule is C1CCNCC1.CC.CC.Cc1[nH]n(-c2ccc3c(c2)CCC3)c(=O)c1N=Nc1cccc(-c2ccc(C(=O)O)o2)c1O. The quantitative estimate of drug-likeness (QED) is 0.174. The van der Waals surface area contributed by atoms with E-state index >= 15 is 0 Å². The number of hydrogen-bond donors (Lipinski definition) is 4. The van der Waals surface area contributed by atoms with Crippen molar-refractivity contribution < 1.29 is 19.4 Å². The van der Waals surface area contributed by atoms with E-state index < -0.39 is 5.97 Å². The average Bonchev–Trinajstić information content (AvgIpc) is 3.79. The van der Waals surface area contributed by atoms with Gasteiger partial charge in [0, 0.05) is 0 Å². The molecular formula is C33H43N5O5. The lowest BCUT2D eigenvalue weighted by Gasteiger charge is -2.08. The number of piperidine rings is 1. The van der Waals surface area contributed by atoms with Crippen molar-refractivity contribution in [3.05, 3.63) is 81.5 Å². The van der Waals surface area contributed by atoms with E-state index in [0.717, 1.165) is 24.9 Å². The van der Waals surface area contributed by atoms with Crippen molar-refractivity contribution in [2.45, 2.75) is 73.1 Å². The monoisotopic (exact) mass is 589 g/mol. The van der Waals surface area contributed by atoms with Gasteiger partial charge in [-0.1, -0.05) is 46.2 Å². The smallest absolute Gasteiger partial charge is 0.371 e. The molecule has 1 aliphatic heterocycles. The molecule has 0 atom stereocenters. The van der Waals surface area contributed by atoms with Crippen LogP contribution in [0.5, 0.6) is 5.75 Å².